The summed E-state index contributed by atoms with van der Waals surface area (Å²) in [6.07, 6.45) is 1.58. The fraction of sp³-hybridized carbons (Fsp3) is 0.500. The number of methoxy groups -OCH3 is 1. The number of benzene rings is 1. The van der Waals surface area contributed by atoms with Crippen LogP contribution in [-0.4, -0.2) is 35.2 Å². The highest BCUT2D eigenvalue weighted by molar-refractivity contribution is 5.80. The Labute approximate surface area is 125 Å². The molecule has 0 amide bonds. The molecule has 1 N–H and O–H groups in total. The van der Waals surface area contributed by atoms with Gasteiger partial charge in [-0.1, -0.05) is 12.1 Å². The summed E-state index contributed by atoms with van der Waals surface area (Å²) in [7, 11) is 3.21. The lowest BCUT2D eigenvalue weighted by Gasteiger charge is -2.26. The minimum Gasteiger partial charge on any atom is -0.468 e. The molecular weight excluding hydrogens is 266 g/mol. The van der Waals surface area contributed by atoms with Gasteiger partial charge in [-0.25, -0.2) is 4.98 Å². The number of hydrogen-bond donors (Lipinski definition) is 1. The molecule has 1 heterocycles. The fourth-order valence-corrected chi connectivity index (χ4v) is 2.62. The first-order valence-corrected chi connectivity index (χ1v) is 7.21. The molecule has 5 nitrogen and oxygen atoms in total. The fourth-order valence-electron chi connectivity index (χ4n) is 2.62. The van der Waals surface area contributed by atoms with Gasteiger partial charge in [-0.3, -0.25) is 4.79 Å². The average molecular weight is 289 g/mol. The monoisotopic (exact) mass is 289 g/mol. The molecule has 0 saturated carbocycles. The van der Waals surface area contributed by atoms with E-state index in [9.17, 15) is 4.79 Å². The number of hydrogen-bond acceptors (Lipinski definition) is 4. The van der Waals surface area contributed by atoms with Crippen molar-refractivity contribution in [3.05, 3.63) is 30.1 Å². The molecule has 1 unspecified atom stereocenters. The van der Waals surface area contributed by atoms with E-state index in [2.05, 4.69) is 20.9 Å². The van der Waals surface area contributed by atoms with Crippen molar-refractivity contribution < 1.29 is 9.53 Å². The SMILES string of the molecule is CNC(C)(CCCn1c(C)nc2ccccc21)C(=O)OC. The summed E-state index contributed by atoms with van der Waals surface area (Å²) < 4.78 is 7.06. The molecule has 1 aromatic heterocycles. The average Bonchev–Trinajstić information content (AvgIpc) is 2.82. The quantitative estimate of drug-likeness (QED) is 0.829. The van der Waals surface area contributed by atoms with E-state index >= 15 is 0 Å². The van der Waals surface area contributed by atoms with Crippen LogP contribution in [0.2, 0.25) is 0 Å². The molecule has 2 aromatic rings. The lowest BCUT2D eigenvalue weighted by molar-refractivity contribution is -0.148. The smallest absolute Gasteiger partial charge is 0.325 e. The van der Waals surface area contributed by atoms with Crippen molar-refractivity contribution in [2.75, 3.05) is 14.2 Å². The van der Waals surface area contributed by atoms with Crippen LogP contribution in [0.1, 0.15) is 25.6 Å². The molecule has 1 aromatic carbocycles. The van der Waals surface area contributed by atoms with Gasteiger partial charge in [0.1, 0.15) is 11.4 Å². The van der Waals surface area contributed by atoms with E-state index < -0.39 is 5.54 Å². The Bertz CT molecular complexity index is 635. The summed E-state index contributed by atoms with van der Waals surface area (Å²) in [4.78, 5) is 16.4. The van der Waals surface area contributed by atoms with Crippen molar-refractivity contribution in [3.63, 3.8) is 0 Å². The number of nitrogens with one attached hydrogen (secondary N) is 1. The Morgan fingerprint density at radius 2 is 2.14 bits per heavy atom. The Kier molecular flexibility index (Phi) is 4.63. The highest BCUT2D eigenvalue weighted by Crippen LogP contribution is 2.19. The van der Waals surface area contributed by atoms with Crippen LogP contribution in [0, 0.1) is 6.92 Å². The van der Waals surface area contributed by atoms with Gasteiger partial charge < -0.3 is 14.6 Å². The highest BCUT2D eigenvalue weighted by Gasteiger charge is 2.31. The van der Waals surface area contributed by atoms with Gasteiger partial charge in [0.05, 0.1) is 18.1 Å². The first kappa shape index (κ1) is 15.5. The van der Waals surface area contributed by atoms with Gasteiger partial charge in [-0.2, -0.15) is 0 Å². The Balaban J connectivity index is 2.08. The zero-order chi connectivity index (χ0) is 15.5. The van der Waals surface area contributed by atoms with E-state index in [4.69, 9.17) is 4.74 Å². The number of fused-ring (bicyclic) bond motifs is 1. The van der Waals surface area contributed by atoms with E-state index in [0.717, 1.165) is 29.8 Å². The third kappa shape index (κ3) is 3.08. The number of aryl methyl sites for hydroxylation is 2. The van der Waals surface area contributed by atoms with Crippen molar-refractivity contribution in [1.29, 1.82) is 0 Å². The molecule has 114 valence electrons. The molecule has 0 aliphatic rings. The number of carbonyl (C=O) groups excluding carboxylic acids is 1. The van der Waals surface area contributed by atoms with E-state index in [1.54, 1.807) is 7.05 Å². The molecule has 0 fully saturated rings. The predicted molar refractivity (Wildman–Crippen MR) is 83.2 cm³/mol. The van der Waals surface area contributed by atoms with Crippen LogP contribution in [-0.2, 0) is 16.1 Å². The van der Waals surface area contributed by atoms with Crippen LogP contribution in [0.5, 0.6) is 0 Å². The highest BCUT2D eigenvalue weighted by atomic mass is 16.5. The van der Waals surface area contributed by atoms with Crippen molar-refractivity contribution in [2.24, 2.45) is 0 Å². The molecule has 0 radical (unpaired) electrons. The molecule has 0 aliphatic carbocycles. The topological polar surface area (TPSA) is 56.2 Å². The number of carbonyl (C=O) groups is 1. The van der Waals surface area contributed by atoms with E-state index in [1.165, 1.54) is 7.11 Å². The molecular formula is C16H23N3O2. The molecule has 0 bridgehead atoms. The van der Waals surface area contributed by atoms with Crippen LogP contribution >= 0.6 is 0 Å². The maximum absolute atomic E-state index is 11.8. The number of rotatable bonds is 6. The van der Waals surface area contributed by atoms with Crippen LogP contribution in [0.15, 0.2) is 24.3 Å². The number of imidazole rings is 1. The summed E-state index contributed by atoms with van der Waals surface area (Å²) in [5.41, 5.74) is 1.51. The lowest BCUT2D eigenvalue weighted by Crippen LogP contribution is -2.48. The van der Waals surface area contributed by atoms with Gasteiger partial charge in [-0.15, -0.1) is 0 Å². The lowest BCUT2D eigenvalue weighted by atomic mass is 9.96. The number of nitrogens with zero attached hydrogens (tertiary/aromatic N) is 2. The second-order valence-electron chi connectivity index (χ2n) is 5.48. The normalized spacial score (nSPS) is 14.1. The number of esters is 1. The largest absolute Gasteiger partial charge is 0.468 e. The predicted octanol–water partition coefficient (Wildman–Crippen LogP) is 2.28. The summed E-state index contributed by atoms with van der Waals surface area (Å²) in [5.74, 6) is 0.776. The van der Waals surface area contributed by atoms with Gasteiger partial charge in [0.25, 0.3) is 0 Å². The first-order chi connectivity index (χ1) is 10.0. The second-order valence-corrected chi connectivity index (χ2v) is 5.48. The van der Waals surface area contributed by atoms with Crippen molar-refractivity contribution >= 4 is 17.0 Å². The van der Waals surface area contributed by atoms with E-state index in [0.29, 0.717) is 6.42 Å². The summed E-state index contributed by atoms with van der Waals surface area (Å²) in [5, 5.41) is 3.06. The van der Waals surface area contributed by atoms with Gasteiger partial charge in [0, 0.05) is 6.54 Å². The number of aromatic nitrogens is 2. The van der Waals surface area contributed by atoms with Crippen LogP contribution in [0.4, 0.5) is 0 Å². The molecule has 1 atom stereocenters. The standard InChI is InChI=1S/C16H23N3O2/c1-12-18-13-8-5-6-9-14(13)19(12)11-7-10-16(2,17-3)15(20)21-4/h5-6,8-9,17H,7,10-11H2,1-4H3. The van der Waals surface area contributed by atoms with Crippen molar-refractivity contribution in [3.8, 4) is 0 Å². The zero-order valence-corrected chi connectivity index (χ0v) is 13.1. The summed E-state index contributed by atoms with van der Waals surface area (Å²) >= 11 is 0. The Morgan fingerprint density at radius 1 is 1.43 bits per heavy atom. The van der Waals surface area contributed by atoms with Gasteiger partial charge >= 0.3 is 5.97 Å². The maximum atomic E-state index is 11.8. The number of ether oxygens (including phenoxy) is 1. The van der Waals surface area contributed by atoms with E-state index in [1.807, 2.05) is 32.0 Å². The van der Waals surface area contributed by atoms with Crippen LogP contribution in [0.3, 0.4) is 0 Å². The van der Waals surface area contributed by atoms with Gasteiger partial charge in [0.2, 0.25) is 0 Å². The van der Waals surface area contributed by atoms with Gasteiger partial charge in [0.15, 0.2) is 0 Å². The van der Waals surface area contributed by atoms with E-state index in [-0.39, 0.29) is 5.97 Å². The third-order valence-electron chi connectivity index (χ3n) is 4.09. The second kappa shape index (κ2) is 6.26. The Hall–Kier alpha value is -1.88. The molecule has 2 rings (SSSR count). The minimum absolute atomic E-state index is 0.225. The summed E-state index contributed by atoms with van der Waals surface area (Å²) in [6, 6.07) is 8.11. The number of para-hydroxylation sites is 2. The molecule has 0 spiro atoms. The molecule has 0 aliphatic heterocycles. The first-order valence-electron chi connectivity index (χ1n) is 7.21. The van der Waals surface area contributed by atoms with Gasteiger partial charge in [-0.05, 0) is 45.9 Å². The molecule has 0 saturated heterocycles. The minimum atomic E-state index is -0.640. The third-order valence-corrected chi connectivity index (χ3v) is 4.09. The van der Waals surface area contributed by atoms with Crippen LogP contribution < -0.4 is 5.32 Å². The zero-order valence-electron chi connectivity index (χ0n) is 13.1. The molecule has 5 heteroatoms. The van der Waals surface area contributed by atoms with Crippen LogP contribution in [0.25, 0.3) is 11.0 Å². The Morgan fingerprint density at radius 3 is 2.81 bits per heavy atom. The molecule has 21 heavy (non-hydrogen) atoms. The maximum Gasteiger partial charge on any atom is 0.325 e. The number of likely N-dealkylation sites (N-methyl/N-ethyl adjacent to an activating group) is 1. The van der Waals surface area contributed by atoms with Crippen molar-refractivity contribution in [2.45, 2.75) is 38.8 Å². The van der Waals surface area contributed by atoms with Crippen molar-refractivity contribution in [1.82, 2.24) is 14.9 Å². The summed E-state index contributed by atoms with van der Waals surface area (Å²) in [6.45, 7) is 4.72.